The topological polar surface area (TPSA) is 75.7 Å². The molecule has 0 heterocycles. The van der Waals surface area contributed by atoms with Crippen molar-refractivity contribution in [3.05, 3.63) is 95.6 Å². The average Bonchev–Trinajstić information content (AvgIpc) is 2.77. The van der Waals surface area contributed by atoms with Gasteiger partial charge in [0, 0.05) is 0 Å². The van der Waals surface area contributed by atoms with Gasteiger partial charge < -0.3 is 10.1 Å². The molecule has 6 nitrogen and oxygen atoms in total. The van der Waals surface area contributed by atoms with E-state index in [0.717, 1.165) is 27.3 Å². The number of para-hydroxylation sites is 2. The summed E-state index contributed by atoms with van der Waals surface area (Å²) in [5.41, 5.74) is 3.27. The fourth-order valence-electron chi connectivity index (χ4n) is 3.42. The number of carbonyl (C=O) groups is 1. The number of nitrogens with one attached hydrogen (secondary N) is 1. The van der Waals surface area contributed by atoms with E-state index >= 15 is 0 Å². The van der Waals surface area contributed by atoms with Crippen molar-refractivity contribution in [2.24, 2.45) is 0 Å². The van der Waals surface area contributed by atoms with Crippen LogP contribution < -0.4 is 14.4 Å². The van der Waals surface area contributed by atoms with Crippen molar-refractivity contribution in [3.8, 4) is 5.75 Å². The minimum absolute atomic E-state index is 0.332. The van der Waals surface area contributed by atoms with E-state index in [0.29, 0.717) is 18.0 Å². The molecule has 7 heteroatoms. The fourth-order valence-corrected chi connectivity index (χ4v) is 4.28. The second-order valence-corrected chi connectivity index (χ2v) is 9.40. The molecular formula is C25H28N2O4S. The molecule has 3 rings (SSSR count). The number of amides is 1. The van der Waals surface area contributed by atoms with Crippen molar-refractivity contribution in [3.63, 3.8) is 0 Å². The zero-order chi connectivity index (χ0) is 23.1. The average molecular weight is 453 g/mol. The Kier molecular flexibility index (Phi) is 7.53. The third-order valence-corrected chi connectivity index (χ3v) is 6.10. The van der Waals surface area contributed by atoms with Gasteiger partial charge in [-0.15, -0.1) is 0 Å². The van der Waals surface area contributed by atoms with Crippen molar-refractivity contribution in [2.75, 3.05) is 23.7 Å². The molecule has 0 saturated carbocycles. The van der Waals surface area contributed by atoms with Crippen LogP contribution in [0.15, 0.2) is 78.9 Å². The SMILES string of the molecule is CCOc1ccccc1N(CC(=O)N[C@@H](c1ccccc1)c1ccc(C)cc1)S(C)(=O)=O. The van der Waals surface area contributed by atoms with E-state index in [1.165, 1.54) is 0 Å². The van der Waals surface area contributed by atoms with Crippen LogP contribution in [-0.4, -0.2) is 33.7 Å². The molecule has 1 amide bonds. The Hall–Kier alpha value is -3.32. The summed E-state index contributed by atoms with van der Waals surface area (Å²) in [6.07, 6.45) is 1.08. The summed E-state index contributed by atoms with van der Waals surface area (Å²) in [4.78, 5) is 13.1. The minimum atomic E-state index is -3.73. The van der Waals surface area contributed by atoms with Gasteiger partial charge in [0.15, 0.2) is 0 Å². The van der Waals surface area contributed by atoms with Gasteiger partial charge in [0.2, 0.25) is 15.9 Å². The number of carbonyl (C=O) groups excluding carboxylic acids is 1. The van der Waals surface area contributed by atoms with Crippen LogP contribution in [0.3, 0.4) is 0 Å². The van der Waals surface area contributed by atoms with Gasteiger partial charge in [0.25, 0.3) is 0 Å². The zero-order valence-electron chi connectivity index (χ0n) is 18.5. The number of aryl methyl sites for hydroxylation is 1. The maximum atomic E-state index is 13.1. The summed E-state index contributed by atoms with van der Waals surface area (Å²) in [5, 5.41) is 3.01. The molecule has 0 aliphatic heterocycles. The minimum Gasteiger partial charge on any atom is -0.492 e. The first-order valence-corrected chi connectivity index (χ1v) is 12.2. The van der Waals surface area contributed by atoms with Gasteiger partial charge in [-0.2, -0.15) is 0 Å². The highest BCUT2D eigenvalue weighted by Gasteiger charge is 2.25. The van der Waals surface area contributed by atoms with Gasteiger partial charge in [-0.25, -0.2) is 8.42 Å². The lowest BCUT2D eigenvalue weighted by atomic mass is 9.98. The number of benzene rings is 3. The number of sulfonamides is 1. The molecule has 0 aromatic heterocycles. The third kappa shape index (κ3) is 5.88. The number of rotatable bonds is 9. The molecule has 0 spiro atoms. The highest BCUT2D eigenvalue weighted by atomic mass is 32.2. The first-order valence-electron chi connectivity index (χ1n) is 10.4. The zero-order valence-corrected chi connectivity index (χ0v) is 19.3. The van der Waals surface area contributed by atoms with Crippen molar-refractivity contribution in [1.29, 1.82) is 0 Å². The normalized spacial score (nSPS) is 12.1. The van der Waals surface area contributed by atoms with Crippen LogP contribution in [0.25, 0.3) is 0 Å². The van der Waals surface area contributed by atoms with E-state index < -0.39 is 22.0 Å². The quantitative estimate of drug-likeness (QED) is 0.531. The lowest BCUT2D eigenvalue weighted by molar-refractivity contribution is -0.120. The van der Waals surface area contributed by atoms with Crippen molar-refractivity contribution in [2.45, 2.75) is 19.9 Å². The van der Waals surface area contributed by atoms with Gasteiger partial charge in [0.1, 0.15) is 12.3 Å². The number of anilines is 1. The number of nitrogens with zero attached hydrogens (tertiary/aromatic N) is 1. The van der Waals surface area contributed by atoms with Crippen LogP contribution in [0.5, 0.6) is 5.75 Å². The smallest absolute Gasteiger partial charge is 0.241 e. The monoisotopic (exact) mass is 452 g/mol. The molecule has 0 fully saturated rings. The predicted octanol–water partition coefficient (Wildman–Crippen LogP) is 4.07. The lowest BCUT2D eigenvalue weighted by Gasteiger charge is -2.26. The summed E-state index contributed by atoms with van der Waals surface area (Å²) in [7, 11) is -3.73. The molecule has 32 heavy (non-hydrogen) atoms. The first-order chi connectivity index (χ1) is 15.3. The summed E-state index contributed by atoms with van der Waals surface area (Å²) in [6, 6.07) is 23.9. The highest BCUT2D eigenvalue weighted by molar-refractivity contribution is 7.92. The number of hydrogen-bond acceptors (Lipinski definition) is 4. The summed E-state index contributed by atoms with van der Waals surface area (Å²) >= 11 is 0. The molecule has 0 aliphatic carbocycles. The molecule has 0 aliphatic rings. The Bertz CT molecular complexity index is 1150. The molecule has 168 valence electrons. The lowest BCUT2D eigenvalue weighted by Crippen LogP contribution is -2.42. The van der Waals surface area contributed by atoms with Crippen molar-refractivity contribution in [1.82, 2.24) is 5.32 Å². The second kappa shape index (κ2) is 10.3. The van der Waals surface area contributed by atoms with Gasteiger partial charge in [-0.3, -0.25) is 9.10 Å². The molecular weight excluding hydrogens is 424 g/mol. The van der Waals surface area contributed by atoms with Gasteiger partial charge in [0.05, 0.1) is 24.6 Å². The Morgan fingerprint density at radius 1 is 0.938 bits per heavy atom. The second-order valence-electron chi connectivity index (χ2n) is 7.49. The molecule has 0 unspecified atom stereocenters. The van der Waals surface area contributed by atoms with Gasteiger partial charge >= 0.3 is 0 Å². The Morgan fingerprint density at radius 3 is 2.16 bits per heavy atom. The molecule has 1 atom stereocenters. The predicted molar refractivity (Wildman–Crippen MR) is 127 cm³/mol. The van der Waals surface area contributed by atoms with Crippen LogP contribution in [0, 0.1) is 6.92 Å². The van der Waals surface area contributed by atoms with E-state index in [-0.39, 0.29) is 6.54 Å². The maximum absolute atomic E-state index is 13.1. The third-order valence-electron chi connectivity index (χ3n) is 4.97. The van der Waals surface area contributed by atoms with Gasteiger partial charge in [-0.1, -0.05) is 72.3 Å². The summed E-state index contributed by atoms with van der Waals surface area (Å²) in [6.45, 7) is 3.84. The van der Waals surface area contributed by atoms with Crippen molar-refractivity contribution < 1.29 is 17.9 Å². The Balaban J connectivity index is 1.91. The molecule has 1 N–H and O–H groups in total. The fraction of sp³-hybridized carbons (Fsp3) is 0.240. The highest BCUT2D eigenvalue weighted by Crippen LogP contribution is 2.30. The molecule has 0 bridgehead atoms. The van der Waals surface area contributed by atoms with Crippen molar-refractivity contribution >= 4 is 21.6 Å². The summed E-state index contributed by atoms with van der Waals surface area (Å²) in [5.74, 6) is -0.0116. The van der Waals surface area contributed by atoms with Crippen LogP contribution in [-0.2, 0) is 14.8 Å². The molecule has 0 radical (unpaired) electrons. The molecule has 3 aromatic carbocycles. The number of hydrogen-bond donors (Lipinski definition) is 1. The number of ether oxygens (including phenoxy) is 1. The van der Waals surface area contributed by atoms with E-state index in [4.69, 9.17) is 4.74 Å². The van der Waals surface area contributed by atoms with E-state index in [1.54, 1.807) is 24.3 Å². The van der Waals surface area contributed by atoms with Crippen LogP contribution in [0.2, 0.25) is 0 Å². The van der Waals surface area contributed by atoms with E-state index in [1.807, 2.05) is 68.4 Å². The largest absolute Gasteiger partial charge is 0.492 e. The van der Waals surface area contributed by atoms with E-state index in [2.05, 4.69) is 5.32 Å². The van der Waals surface area contributed by atoms with Gasteiger partial charge in [-0.05, 0) is 37.1 Å². The van der Waals surface area contributed by atoms with E-state index in [9.17, 15) is 13.2 Å². The molecule has 3 aromatic rings. The standard InChI is InChI=1S/C25H28N2O4S/c1-4-31-23-13-9-8-12-22(23)27(32(3,29)30)18-24(28)26-25(20-10-6-5-7-11-20)21-16-14-19(2)15-17-21/h5-17,25H,4,18H2,1-3H3,(H,26,28)/t25-/m0/s1. The summed E-state index contributed by atoms with van der Waals surface area (Å²) < 4.78 is 31.8. The Labute approximate surface area is 189 Å². The maximum Gasteiger partial charge on any atom is 0.241 e. The Morgan fingerprint density at radius 2 is 1.53 bits per heavy atom. The van der Waals surface area contributed by atoms with Crippen LogP contribution in [0.1, 0.15) is 29.7 Å². The first kappa shape index (κ1) is 23.3. The van der Waals surface area contributed by atoms with Crippen LogP contribution >= 0.6 is 0 Å². The molecule has 0 saturated heterocycles. The van der Waals surface area contributed by atoms with Crippen LogP contribution in [0.4, 0.5) is 5.69 Å².